The number of ether oxygens (including phenoxy) is 1. The van der Waals surface area contributed by atoms with Crippen LogP contribution in [-0.4, -0.2) is 46.2 Å². The zero-order chi connectivity index (χ0) is 19.2. The molecule has 1 atom stereocenters. The summed E-state index contributed by atoms with van der Waals surface area (Å²) in [5, 5.41) is 15.3. The molecule has 27 heavy (non-hydrogen) atoms. The summed E-state index contributed by atoms with van der Waals surface area (Å²) in [5.74, 6) is 0.532. The highest BCUT2D eigenvalue weighted by Gasteiger charge is 2.32. The fourth-order valence-corrected chi connectivity index (χ4v) is 3.44. The van der Waals surface area contributed by atoms with E-state index in [2.05, 4.69) is 16.9 Å². The minimum absolute atomic E-state index is 0.0460. The van der Waals surface area contributed by atoms with Crippen molar-refractivity contribution in [3.8, 4) is 0 Å². The molecule has 0 bridgehead atoms. The van der Waals surface area contributed by atoms with Gasteiger partial charge in [0.15, 0.2) is 0 Å². The Bertz CT molecular complexity index is 785. The van der Waals surface area contributed by atoms with Gasteiger partial charge in [0.1, 0.15) is 0 Å². The molecule has 1 aliphatic heterocycles. The number of benzene rings is 1. The van der Waals surface area contributed by atoms with Gasteiger partial charge in [-0.3, -0.25) is 10.1 Å². The van der Waals surface area contributed by atoms with E-state index in [9.17, 15) is 10.1 Å². The number of aryl methyl sites for hydroxylation is 1. The van der Waals surface area contributed by atoms with Crippen LogP contribution < -0.4 is 5.01 Å². The predicted octanol–water partition coefficient (Wildman–Crippen LogP) is 3.50. The Balaban J connectivity index is 2.05. The molecule has 0 amide bonds. The average molecular weight is 371 g/mol. The van der Waals surface area contributed by atoms with Gasteiger partial charge in [-0.25, -0.2) is 20.0 Å². The van der Waals surface area contributed by atoms with Crippen molar-refractivity contribution in [3.63, 3.8) is 0 Å². The summed E-state index contributed by atoms with van der Waals surface area (Å²) < 4.78 is 5.38. The van der Waals surface area contributed by atoms with E-state index in [0.717, 1.165) is 37.9 Å². The van der Waals surface area contributed by atoms with E-state index in [1.165, 1.54) is 6.07 Å². The molecule has 0 N–H and O–H groups in total. The summed E-state index contributed by atoms with van der Waals surface area (Å²) in [7, 11) is 1.69. The molecule has 0 radical (unpaired) electrons. The van der Waals surface area contributed by atoms with Gasteiger partial charge in [0, 0.05) is 37.7 Å². The van der Waals surface area contributed by atoms with Gasteiger partial charge < -0.3 is 4.74 Å². The number of nitrogens with zero attached hydrogens (tertiary/aromatic N) is 5. The molecule has 2 aromatic rings. The molecule has 1 saturated heterocycles. The molecule has 1 aliphatic rings. The number of rotatable bonds is 8. The Morgan fingerprint density at radius 3 is 3.00 bits per heavy atom. The first-order valence-corrected chi connectivity index (χ1v) is 9.26. The number of nitro benzene ring substituents is 1. The molecule has 8 heteroatoms. The molecule has 144 valence electrons. The van der Waals surface area contributed by atoms with Crippen molar-refractivity contribution < 1.29 is 9.66 Å². The Morgan fingerprint density at radius 1 is 1.41 bits per heavy atom. The van der Waals surface area contributed by atoms with Crippen LogP contribution in [0.25, 0.3) is 0 Å². The van der Waals surface area contributed by atoms with Gasteiger partial charge in [0.25, 0.3) is 5.69 Å². The van der Waals surface area contributed by atoms with E-state index in [4.69, 9.17) is 9.72 Å². The van der Waals surface area contributed by atoms with Crippen LogP contribution in [0.5, 0.6) is 0 Å². The first kappa shape index (κ1) is 19.2. The predicted molar refractivity (Wildman–Crippen MR) is 103 cm³/mol. The first-order chi connectivity index (χ1) is 13.1. The molecule has 0 aliphatic carbocycles. The third-order valence-electron chi connectivity index (χ3n) is 4.64. The van der Waals surface area contributed by atoms with E-state index in [1.54, 1.807) is 25.4 Å². The van der Waals surface area contributed by atoms with Crippen molar-refractivity contribution in [2.75, 3.05) is 25.3 Å². The van der Waals surface area contributed by atoms with E-state index in [1.807, 2.05) is 17.1 Å². The van der Waals surface area contributed by atoms with E-state index < -0.39 is 0 Å². The van der Waals surface area contributed by atoms with Crippen molar-refractivity contribution in [2.45, 2.75) is 38.6 Å². The molecule has 0 spiro atoms. The number of non-ortho nitro benzene ring substituents is 1. The summed E-state index contributed by atoms with van der Waals surface area (Å²) in [6.45, 7) is 3.51. The molecule has 0 saturated carbocycles. The van der Waals surface area contributed by atoms with Gasteiger partial charge in [-0.15, -0.1) is 0 Å². The number of hydrazine groups is 1. The summed E-state index contributed by atoms with van der Waals surface area (Å²) in [6, 6.07) is 8.69. The normalized spacial score (nSPS) is 17.2. The highest BCUT2D eigenvalue weighted by molar-refractivity contribution is 5.60. The van der Waals surface area contributed by atoms with Crippen LogP contribution in [0.4, 0.5) is 17.3 Å². The van der Waals surface area contributed by atoms with E-state index >= 15 is 0 Å². The Morgan fingerprint density at radius 2 is 2.26 bits per heavy atom. The third-order valence-corrected chi connectivity index (χ3v) is 4.64. The van der Waals surface area contributed by atoms with Gasteiger partial charge in [0.2, 0.25) is 5.95 Å². The minimum atomic E-state index is -0.382. The van der Waals surface area contributed by atoms with Crippen LogP contribution in [0.1, 0.15) is 31.9 Å². The molecular weight excluding hydrogens is 346 g/mol. The smallest absolute Gasteiger partial charge is 0.271 e. The van der Waals surface area contributed by atoms with Crippen molar-refractivity contribution in [2.24, 2.45) is 0 Å². The van der Waals surface area contributed by atoms with Gasteiger partial charge in [-0.05, 0) is 31.4 Å². The number of hydrogen-bond acceptors (Lipinski definition) is 7. The monoisotopic (exact) mass is 371 g/mol. The first-order valence-electron chi connectivity index (χ1n) is 9.26. The fourth-order valence-electron chi connectivity index (χ4n) is 3.44. The molecule has 0 unspecified atom stereocenters. The summed E-state index contributed by atoms with van der Waals surface area (Å²) in [6.07, 6.45) is 5.62. The van der Waals surface area contributed by atoms with Gasteiger partial charge in [0.05, 0.1) is 23.3 Å². The lowest BCUT2D eigenvalue weighted by Gasteiger charge is -2.35. The number of methoxy groups -OCH3 is 1. The zero-order valence-electron chi connectivity index (χ0n) is 15.7. The maximum absolute atomic E-state index is 11.3. The molecule has 1 fully saturated rings. The summed E-state index contributed by atoms with van der Waals surface area (Å²) in [5.41, 5.74) is 1.69. The second-order valence-electron chi connectivity index (χ2n) is 6.60. The van der Waals surface area contributed by atoms with Gasteiger partial charge in [-0.2, -0.15) is 0 Å². The molecule has 1 aromatic heterocycles. The summed E-state index contributed by atoms with van der Waals surface area (Å²) >= 11 is 0. The Kier molecular flexibility index (Phi) is 6.31. The van der Waals surface area contributed by atoms with Gasteiger partial charge in [-0.1, -0.05) is 19.4 Å². The van der Waals surface area contributed by atoms with Crippen LogP contribution in [0, 0.1) is 10.1 Å². The lowest BCUT2D eigenvalue weighted by molar-refractivity contribution is -0.384. The van der Waals surface area contributed by atoms with Crippen LogP contribution >= 0.6 is 0 Å². The van der Waals surface area contributed by atoms with Crippen molar-refractivity contribution >= 4 is 17.3 Å². The van der Waals surface area contributed by atoms with Crippen LogP contribution in [-0.2, 0) is 11.2 Å². The second-order valence-corrected chi connectivity index (χ2v) is 6.60. The Labute approximate surface area is 158 Å². The fraction of sp³-hybridized carbons (Fsp3) is 0.474. The number of hydrogen-bond donors (Lipinski definition) is 0. The second kappa shape index (κ2) is 8.88. The van der Waals surface area contributed by atoms with Gasteiger partial charge >= 0.3 is 0 Å². The largest absolute Gasteiger partial charge is 0.383 e. The van der Waals surface area contributed by atoms with Crippen LogP contribution in [0.3, 0.4) is 0 Å². The van der Waals surface area contributed by atoms with Crippen LogP contribution in [0.2, 0.25) is 0 Å². The third kappa shape index (κ3) is 4.40. The van der Waals surface area contributed by atoms with E-state index in [-0.39, 0.29) is 16.7 Å². The van der Waals surface area contributed by atoms with Crippen LogP contribution in [0.15, 0.2) is 36.5 Å². The summed E-state index contributed by atoms with van der Waals surface area (Å²) in [4.78, 5) is 20.1. The lowest BCUT2D eigenvalue weighted by atomic mass is 10.2. The number of nitro groups is 1. The zero-order valence-corrected chi connectivity index (χ0v) is 15.7. The molecule has 2 heterocycles. The van der Waals surface area contributed by atoms with Crippen molar-refractivity contribution in [1.29, 1.82) is 0 Å². The average Bonchev–Trinajstić information content (AvgIpc) is 3.11. The molecule has 8 nitrogen and oxygen atoms in total. The highest BCUT2D eigenvalue weighted by Crippen LogP contribution is 2.32. The number of anilines is 2. The number of aromatic nitrogens is 2. The minimum Gasteiger partial charge on any atom is -0.383 e. The lowest BCUT2D eigenvalue weighted by Crippen LogP contribution is -2.45. The maximum Gasteiger partial charge on any atom is 0.271 e. The van der Waals surface area contributed by atoms with Crippen molar-refractivity contribution in [1.82, 2.24) is 15.0 Å². The molecular formula is C19H25N5O3. The molecule has 1 aromatic carbocycles. The van der Waals surface area contributed by atoms with Crippen molar-refractivity contribution in [3.05, 3.63) is 52.3 Å². The van der Waals surface area contributed by atoms with E-state index in [0.29, 0.717) is 18.2 Å². The maximum atomic E-state index is 11.3. The standard InChI is InChI=1S/C19H25N5O3/c1-3-6-15-10-11-20-19(21-15)23(22-12-5-9-18(22)14-27-2)16-7-4-8-17(13-16)24(25)26/h4,7-8,10-11,13,18H,3,5-6,9,12,14H2,1-2H3/t18-/m0/s1. The highest BCUT2D eigenvalue weighted by atomic mass is 16.6. The quantitative estimate of drug-likeness (QED) is 0.518. The Hall–Kier alpha value is -2.58. The topological polar surface area (TPSA) is 84.6 Å². The SMILES string of the molecule is CCCc1ccnc(N(c2cccc([N+](=O)[O-])c2)N2CCC[C@H]2COC)n1. The molecule has 3 rings (SSSR count).